The second kappa shape index (κ2) is 6.20. The van der Waals surface area contributed by atoms with Crippen LogP contribution in [0.5, 0.6) is 0 Å². The summed E-state index contributed by atoms with van der Waals surface area (Å²) in [6.45, 7) is 9.86. The van der Waals surface area contributed by atoms with Crippen LogP contribution in [0.4, 0.5) is 0 Å². The Bertz CT molecular complexity index is 413. The molecule has 0 fully saturated rings. The maximum absolute atomic E-state index is 11.9. The van der Waals surface area contributed by atoms with E-state index < -0.39 is 6.10 Å². The monoisotopic (exact) mass is 264 g/mol. The Morgan fingerprint density at radius 3 is 2.16 bits per heavy atom. The minimum atomic E-state index is -0.467. The summed E-state index contributed by atoms with van der Waals surface area (Å²) < 4.78 is 5.27. The summed E-state index contributed by atoms with van der Waals surface area (Å²) in [5.41, 5.74) is 1.80. The molecule has 0 bridgehead atoms. The molecule has 0 radical (unpaired) electrons. The maximum Gasteiger partial charge on any atom is 0.338 e. The minimum Gasteiger partial charge on any atom is -0.459 e. The normalized spacial score (nSPS) is 14.8. The number of ether oxygens (including phenoxy) is 1. The van der Waals surface area contributed by atoms with Crippen LogP contribution in [-0.2, 0) is 10.2 Å². The number of aliphatic hydroxyl groups is 1. The van der Waals surface area contributed by atoms with E-state index in [0.29, 0.717) is 12.0 Å². The van der Waals surface area contributed by atoms with Crippen molar-refractivity contribution in [2.24, 2.45) is 0 Å². The van der Waals surface area contributed by atoms with Gasteiger partial charge >= 0.3 is 5.97 Å². The van der Waals surface area contributed by atoms with Crippen LogP contribution in [0.2, 0.25) is 0 Å². The van der Waals surface area contributed by atoms with Gasteiger partial charge in [0.25, 0.3) is 0 Å². The van der Waals surface area contributed by atoms with E-state index in [1.54, 1.807) is 26.0 Å². The number of hydrogen-bond donors (Lipinski definition) is 1. The summed E-state index contributed by atoms with van der Waals surface area (Å²) in [5.74, 6) is -0.339. The van der Waals surface area contributed by atoms with Crippen LogP contribution in [0.15, 0.2) is 24.3 Å². The van der Waals surface area contributed by atoms with Gasteiger partial charge in [0.15, 0.2) is 0 Å². The molecule has 2 atom stereocenters. The Hall–Kier alpha value is -1.35. The Morgan fingerprint density at radius 2 is 1.74 bits per heavy atom. The molecule has 0 saturated carbocycles. The summed E-state index contributed by atoms with van der Waals surface area (Å²) in [6, 6.07) is 7.49. The summed E-state index contributed by atoms with van der Waals surface area (Å²) >= 11 is 0. The van der Waals surface area contributed by atoms with Gasteiger partial charge in [-0.2, -0.15) is 0 Å². The third-order valence-corrected chi connectivity index (χ3v) is 2.97. The first-order valence-corrected chi connectivity index (χ1v) is 6.69. The van der Waals surface area contributed by atoms with E-state index in [1.165, 1.54) is 5.56 Å². The predicted molar refractivity (Wildman–Crippen MR) is 76.3 cm³/mol. The van der Waals surface area contributed by atoms with E-state index >= 15 is 0 Å². The van der Waals surface area contributed by atoms with E-state index in [1.807, 2.05) is 12.1 Å². The third-order valence-electron chi connectivity index (χ3n) is 2.97. The number of carbonyl (C=O) groups excluding carboxylic acids is 1. The fourth-order valence-corrected chi connectivity index (χ4v) is 1.89. The predicted octanol–water partition coefficient (Wildman–Crippen LogP) is 3.30. The average molecular weight is 264 g/mol. The molecule has 3 heteroatoms. The number of esters is 1. The SMILES string of the molecule is C[C@H](O)C[C@H](C)OC(=O)c1ccc(C(C)(C)C)cc1. The van der Waals surface area contributed by atoms with Gasteiger partial charge in [-0.25, -0.2) is 4.79 Å². The number of benzene rings is 1. The highest BCUT2D eigenvalue weighted by atomic mass is 16.5. The van der Waals surface area contributed by atoms with Gasteiger partial charge in [-0.15, -0.1) is 0 Å². The molecular formula is C16H24O3. The highest BCUT2D eigenvalue weighted by Crippen LogP contribution is 2.22. The minimum absolute atomic E-state index is 0.0715. The molecular weight excluding hydrogens is 240 g/mol. The first kappa shape index (κ1) is 15.7. The van der Waals surface area contributed by atoms with Crippen molar-refractivity contribution in [3.63, 3.8) is 0 Å². The Balaban J connectivity index is 2.68. The van der Waals surface area contributed by atoms with Crippen LogP contribution >= 0.6 is 0 Å². The fraction of sp³-hybridized carbons (Fsp3) is 0.562. The summed E-state index contributed by atoms with van der Waals surface area (Å²) in [5, 5.41) is 9.24. The topological polar surface area (TPSA) is 46.5 Å². The molecule has 0 aromatic heterocycles. The molecule has 0 amide bonds. The lowest BCUT2D eigenvalue weighted by molar-refractivity contribution is 0.0222. The van der Waals surface area contributed by atoms with Gasteiger partial charge in [-0.05, 0) is 37.0 Å². The van der Waals surface area contributed by atoms with Crippen LogP contribution in [0.3, 0.4) is 0 Å². The van der Waals surface area contributed by atoms with Gasteiger partial charge in [0.1, 0.15) is 6.10 Å². The number of carbonyl (C=O) groups is 1. The molecule has 0 aliphatic heterocycles. The molecule has 0 heterocycles. The summed E-state index contributed by atoms with van der Waals surface area (Å²) in [6.07, 6.45) is -0.299. The quantitative estimate of drug-likeness (QED) is 0.849. The van der Waals surface area contributed by atoms with Crippen LogP contribution < -0.4 is 0 Å². The highest BCUT2D eigenvalue weighted by Gasteiger charge is 2.16. The van der Waals surface area contributed by atoms with Crippen molar-refractivity contribution in [2.45, 2.75) is 58.7 Å². The van der Waals surface area contributed by atoms with Crippen molar-refractivity contribution < 1.29 is 14.6 Å². The van der Waals surface area contributed by atoms with E-state index in [0.717, 1.165) is 0 Å². The summed E-state index contributed by atoms with van der Waals surface area (Å²) in [7, 11) is 0. The van der Waals surface area contributed by atoms with Crippen LogP contribution in [0.25, 0.3) is 0 Å². The van der Waals surface area contributed by atoms with Crippen molar-refractivity contribution in [3.05, 3.63) is 35.4 Å². The molecule has 19 heavy (non-hydrogen) atoms. The fourth-order valence-electron chi connectivity index (χ4n) is 1.89. The lowest BCUT2D eigenvalue weighted by Crippen LogP contribution is -2.20. The van der Waals surface area contributed by atoms with E-state index in [2.05, 4.69) is 20.8 Å². The van der Waals surface area contributed by atoms with Gasteiger partial charge < -0.3 is 9.84 Å². The zero-order chi connectivity index (χ0) is 14.6. The van der Waals surface area contributed by atoms with Crippen molar-refractivity contribution in [1.82, 2.24) is 0 Å². The zero-order valence-corrected chi connectivity index (χ0v) is 12.4. The molecule has 0 unspecified atom stereocenters. The molecule has 1 aromatic rings. The van der Waals surface area contributed by atoms with Crippen LogP contribution in [-0.4, -0.2) is 23.3 Å². The van der Waals surface area contributed by atoms with Crippen molar-refractivity contribution in [2.75, 3.05) is 0 Å². The zero-order valence-electron chi connectivity index (χ0n) is 12.4. The molecule has 106 valence electrons. The second-order valence-electron chi connectivity index (χ2n) is 6.13. The maximum atomic E-state index is 11.9. The standard InChI is InChI=1S/C16H24O3/c1-11(17)10-12(2)19-15(18)13-6-8-14(9-7-13)16(3,4)5/h6-9,11-12,17H,10H2,1-5H3/t11-,12-/m0/s1. The van der Waals surface area contributed by atoms with Crippen molar-refractivity contribution in [3.8, 4) is 0 Å². The molecule has 0 spiro atoms. The third kappa shape index (κ3) is 5.03. The van der Waals surface area contributed by atoms with Gasteiger partial charge in [0.05, 0.1) is 11.7 Å². The molecule has 0 aliphatic carbocycles. The smallest absolute Gasteiger partial charge is 0.338 e. The van der Waals surface area contributed by atoms with Gasteiger partial charge in [0, 0.05) is 6.42 Å². The average Bonchev–Trinajstić information content (AvgIpc) is 2.26. The first-order valence-electron chi connectivity index (χ1n) is 6.69. The van der Waals surface area contributed by atoms with E-state index in [4.69, 9.17) is 4.74 Å². The van der Waals surface area contributed by atoms with Crippen LogP contribution in [0, 0.1) is 0 Å². The van der Waals surface area contributed by atoms with Crippen LogP contribution in [0.1, 0.15) is 57.0 Å². The summed E-state index contributed by atoms with van der Waals surface area (Å²) in [4.78, 5) is 11.9. The number of hydrogen-bond acceptors (Lipinski definition) is 3. The Kier molecular flexibility index (Phi) is 5.12. The molecule has 0 saturated heterocycles. The lowest BCUT2D eigenvalue weighted by Gasteiger charge is -2.19. The van der Waals surface area contributed by atoms with Gasteiger partial charge in [-0.3, -0.25) is 0 Å². The second-order valence-corrected chi connectivity index (χ2v) is 6.13. The van der Waals surface area contributed by atoms with Gasteiger partial charge in [-0.1, -0.05) is 32.9 Å². The number of rotatable bonds is 4. The molecule has 3 nitrogen and oxygen atoms in total. The Labute approximate surface area is 115 Å². The highest BCUT2D eigenvalue weighted by molar-refractivity contribution is 5.89. The molecule has 1 N–H and O–H groups in total. The van der Waals surface area contributed by atoms with Gasteiger partial charge in [0.2, 0.25) is 0 Å². The van der Waals surface area contributed by atoms with E-state index in [-0.39, 0.29) is 17.5 Å². The largest absolute Gasteiger partial charge is 0.459 e. The van der Waals surface area contributed by atoms with Crippen molar-refractivity contribution in [1.29, 1.82) is 0 Å². The number of aliphatic hydroxyl groups excluding tert-OH is 1. The molecule has 1 aromatic carbocycles. The first-order chi connectivity index (χ1) is 8.70. The Morgan fingerprint density at radius 1 is 1.21 bits per heavy atom. The lowest BCUT2D eigenvalue weighted by atomic mass is 9.87. The van der Waals surface area contributed by atoms with E-state index in [9.17, 15) is 9.90 Å². The molecule has 0 aliphatic rings. The molecule has 1 rings (SSSR count). The van der Waals surface area contributed by atoms with Crippen molar-refractivity contribution >= 4 is 5.97 Å².